The van der Waals surface area contributed by atoms with Gasteiger partial charge in [0, 0.05) is 11.8 Å². The fourth-order valence-corrected chi connectivity index (χ4v) is 5.23. The van der Waals surface area contributed by atoms with Crippen molar-refractivity contribution in [2.45, 2.75) is 17.8 Å². The van der Waals surface area contributed by atoms with Gasteiger partial charge in [0.05, 0.1) is 27.9 Å². The predicted molar refractivity (Wildman–Crippen MR) is 129 cm³/mol. The Bertz CT molecular complexity index is 1340. The molecule has 0 unspecified atom stereocenters. The standard InChI is InChI=1S/C23H18N4O8S/c28-18(10-13-4-2-1-3-5-13)24-19-21(29)25-20(23(30)31)15(12-36-22(19)25)7-6-14-8-9-16(26(32)33)11-17(14)27(34)35/h1-9,11,19,22H,10,12H2,(H,24,28)(H,30,31)/b7-6-/t19-,22-/m1/s1. The molecule has 0 aliphatic carbocycles. The summed E-state index contributed by atoms with van der Waals surface area (Å²) in [4.78, 5) is 59.0. The second-order valence-electron chi connectivity index (χ2n) is 7.89. The summed E-state index contributed by atoms with van der Waals surface area (Å²) in [5.41, 5.74) is -0.200. The van der Waals surface area contributed by atoms with E-state index in [0.717, 1.165) is 22.6 Å². The van der Waals surface area contributed by atoms with Gasteiger partial charge >= 0.3 is 5.97 Å². The van der Waals surface area contributed by atoms with E-state index in [1.807, 2.05) is 6.07 Å². The lowest BCUT2D eigenvalue weighted by molar-refractivity contribution is -0.394. The summed E-state index contributed by atoms with van der Waals surface area (Å²) in [5.74, 6) is -2.13. The third-order valence-corrected chi connectivity index (χ3v) is 6.91. The molecule has 12 nitrogen and oxygen atoms in total. The van der Waals surface area contributed by atoms with Crippen molar-refractivity contribution in [3.05, 3.63) is 97.2 Å². The Labute approximate surface area is 207 Å². The molecule has 2 aromatic carbocycles. The van der Waals surface area contributed by atoms with Crippen LogP contribution in [0.3, 0.4) is 0 Å². The van der Waals surface area contributed by atoms with E-state index in [-0.39, 0.29) is 34.9 Å². The summed E-state index contributed by atoms with van der Waals surface area (Å²) in [7, 11) is 0. The lowest BCUT2D eigenvalue weighted by Crippen LogP contribution is -2.70. The third-order valence-electron chi connectivity index (χ3n) is 5.61. The van der Waals surface area contributed by atoms with Gasteiger partial charge in [-0.1, -0.05) is 36.4 Å². The normalized spacial score (nSPS) is 19.0. The number of carbonyl (C=O) groups is 3. The van der Waals surface area contributed by atoms with Crippen molar-refractivity contribution in [1.82, 2.24) is 10.2 Å². The molecule has 2 aliphatic rings. The smallest absolute Gasteiger partial charge is 0.352 e. The zero-order valence-corrected chi connectivity index (χ0v) is 19.2. The van der Waals surface area contributed by atoms with Gasteiger partial charge in [-0.25, -0.2) is 4.79 Å². The first-order chi connectivity index (χ1) is 17.2. The lowest BCUT2D eigenvalue weighted by atomic mass is 10.0. The summed E-state index contributed by atoms with van der Waals surface area (Å²) in [5, 5.41) is 34.1. The number of non-ortho nitro benzene ring substituents is 1. The van der Waals surface area contributed by atoms with Crippen molar-refractivity contribution in [2.75, 3.05) is 5.75 Å². The molecule has 0 radical (unpaired) electrons. The van der Waals surface area contributed by atoms with Crippen LogP contribution in [0.15, 0.2) is 65.9 Å². The van der Waals surface area contributed by atoms with E-state index in [1.54, 1.807) is 24.3 Å². The van der Waals surface area contributed by atoms with Crippen LogP contribution in [0.4, 0.5) is 11.4 Å². The number of nitro benzene ring substituents is 2. The number of carboxylic acids is 1. The van der Waals surface area contributed by atoms with Crippen molar-refractivity contribution < 1.29 is 29.3 Å². The third kappa shape index (κ3) is 4.81. The van der Waals surface area contributed by atoms with Crippen LogP contribution in [-0.2, 0) is 20.8 Å². The Hall–Kier alpha value is -4.52. The highest BCUT2D eigenvalue weighted by molar-refractivity contribution is 8.00. The van der Waals surface area contributed by atoms with Crippen LogP contribution in [0.2, 0.25) is 0 Å². The number of nitrogens with one attached hydrogen (secondary N) is 1. The van der Waals surface area contributed by atoms with Crippen LogP contribution in [0.1, 0.15) is 11.1 Å². The zero-order chi connectivity index (χ0) is 26.0. The Morgan fingerprint density at radius 1 is 1.11 bits per heavy atom. The molecule has 2 aliphatic heterocycles. The maximum atomic E-state index is 12.8. The number of carboxylic acid groups (broad SMARTS) is 1. The Balaban J connectivity index is 1.54. The van der Waals surface area contributed by atoms with Gasteiger partial charge in [-0.05, 0) is 23.3 Å². The maximum Gasteiger partial charge on any atom is 0.352 e. The molecular weight excluding hydrogens is 492 g/mol. The number of nitro groups is 2. The van der Waals surface area contributed by atoms with E-state index in [1.165, 1.54) is 30.0 Å². The number of fused-ring (bicyclic) bond motifs is 1. The predicted octanol–water partition coefficient (Wildman–Crippen LogP) is 2.50. The maximum absolute atomic E-state index is 12.8. The minimum atomic E-state index is -1.36. The lowest BCUT2D eigenvalue weighted by Gasteiger charge is -2.49. The number of aliphatic carboxylic acids is 1. The molecule has 36 heavy (non-hydrogen) atoms. The summed E-state index contributed by atoms with van der Waals surface area (Å²) < 4.78 is 0. The molecular formula is C23H18N4O8S. The summed E-state index contributed by atoms with van der Waals surface area (Å²) in [6, 6.07) is 11.2. The monoisotopic (exact) mass is 510 g/mol. The first kappa shape index (κ1) is 24.6. The quantitative estimate of drug-likeness (QED) is 0.307. The Morgan fingerprint density at radius 3 is 2.47 bits per heavy atom. The highest BCUT2D eigenvalue weighted by Gasteiger charge is 2.53. The van der Waals surface area contributed by atoms with Crippen LogP contribution in [0.5, 0.6) is 0 Å². The molecule has 4 rings (SSSR count). The molecule has 0 saturated carbocycles. The largest absolute Gasteiger partial charge is 0.477 e. The van der Waals surface area contributed by atoms with E-state index in [9.17, 15) is 39.7 Å². The minimum absolute atomic E-state index is 0.0379. The number of thioether (sulfide) groups is 1. The molecule has 0 spiro atoms. The fourth-order valence-electron chi connectivity index (χ4n) is 3.91. The van der Waals surface area contributed by atoms with Crippen molar-refractivity contribution in [1.29, 1.82) is 0 Å². The number of rotatable bonds is 8. The molecule has 2 amide bonds. The number of carbonyl (C=O) groups excluding carboxylic acids is 2. The molecule has 2 atom stereocenters. The number of hydrogen-bond acceptors (Lipinski definition) is 8. The van der Waals surface area contributed by atoms with Crippen molar-refractivity contribution in [3.63, 3.8) is 0 Å². The van der Waals surface area contributed by atoms with Gasteiger partial charge in [-0.3, -0.25) is 34.7 Å². The highest BCUT2D eigenvalue weighted by Crippen LogP contribution is 2.41. The second-order valence-corrected chi connectivity index (χ2v) is 8.99. The molecule has 13 heteroatoms. The average molecular weight is 510 g/mol. The number of β-lactam (4-membered cyclic amide) rings is 1. The van der Waals surface area contributed by atoms with Gasteiger partial charge in [-0.2, -0.15) is 0 Å². The van der Waals surface area contributed by atoms with Gasteiger partial charge in [-0.15, -0.1) is 11.8 Å². The Morgan fingerprint density at radius 2 is 1.83 bits per heavy atom. The Kier molecular flexibility index (Phi) is 6.83. The van der Waals surface area contributed by atoms with E-state index < -0.39 is 44.5 Å². The number of hydrogen-bond donors (Lipinski definition) is 2. The molecule has 0 bridgehead atoms. The number of nitrogens with zero attached hydrogens (tertiary/aromatic N) is 3. The first-order valence-electron chi connectivity index (χ1n) is 10.5. The van der Waals surface area contributed by atoms with Gasteiger partial charge in [0.15, 0.2) is 0 Å². The first-order valence-corrected chi connectivity index (χ1v) is 11.6. The van der Waals surface area contributed by atoms with E-state index in [4.69, 9.17) is 0 Å². The molecule has 184 valence electrons. The van der Waals surface area contributed by atoms with Crippen LogP contribution in [0, 0.1) is 20.2 Å². The molecule has 0 aromatic heterocycles. The van der Waals surface area contributed by atoms with Crippen molar-refractivity contribution >= 4 is 47.0 Å². The molecule has 1 fully saturated rings. The molecule has 2 heterocycles. The van der Waals surface area contributed by atoms with Crippen LogP contribution < -0.4 is 5.32 Å². The van der Waals surface area contributed by atoms with Gasteiger partial charge in [0.1, 0.15) is 17.1 Å². The SMILES string of the molecule is O=C(Cc1ccccc1)N[C@@H]1C(=O)N2C(C(=O)O)=C(/C=C\c3ccc([N+](=O)[O-])cc3[N+](=O)[O-])CS[C@H]12. The molecule has 2 N–H and O–H groups in total. The second kappa shape index (κ2) is 10.00. The van der Waals surface area contributed by atoms with Crippen molar-refractivity contribution in [3.8, 4) is 0 Å². The van der Waals surface area contributed by atoms with Crippen molar-refractivity contribution in [2.24, 2.45) is 0 Å². The minimum Gasteiger partial charge on any atom is -0.477 e. The van der Waals surface area contributed by atoms with E-state index in [0.29, 0.717) is 0 Å². The molecule has 1 saturated heterocycles. The van der Waals surface area contributed by atoms with Gasteiger partial charge in [0.2, 0.25) is 5.91 Å². The highest BCUT2D eigenvalue weighted by atomic mass is 32.2. The summed E-state index contributed by atoms with van der Waals surface area (Å²) in [6.45, 7) is 0. The van der Waals surface area contributed by atoms with Crippen LogP contribution >= 0.6 is 11.8 Å². The fraction of sp³-hybridized carbons (Fsp3) is 0.174. The summed E-state index contributed by atoms with van der Waals surface area (Å²) in [6.07, 6.45) is 2.70. The van der Waals surface area contributed by atoms with Gasteiger partial charge < -0.3 is 10.4 Å². The van der Waals surface area contributed by atoms with Crippen LogP contribution in [-0.4, -0.2) is 54.8 Å². The summed E-state index contributed by atoms with van der Waals surface area (Å²) >= 11 is 1.25. The van der Waals surface area contributed by atoms with E-state index in [2.05, 4.69) is 5.32 Å². The zero-order valence-electron chi connectivity index (χ0n) is 18.4. The average Bonchev–Trinajstić information content (AvgIpc) is 2.85. The topological polar surface area (TPSA) is 173 Å². The van der Waals surface area contributed by atoms with E-state index >= 15 is 0 Å². The number of allylic oxidation sites excluding steroid dienone is 1. The molecule has 2 aromatic rings. The number of amides is 2. The van der Waals surface area contributed by atoms with Gasteiger partial charge in [0.25, 0.3) is 17.3 Å². The van der Waals surface area contributed by atoms with Crippen LogP contribution in [0.25, 0.3) is 6.08 Å². The number of benzene rings is 2.